The van der Waals surface area contributed by atoms with E-state index in [1.807, 2.05) is 0 Å². The highest BCUT2D eigenvalue weighted by Crippen LogP contribution is 2.15. The molecule has 102 valence electrons. The molecule has 6 heteroatoms. The average Bonchev–Trinajstić information content (AvgIpc) is 2.49. The first-order chi connectivity index (χ1) is 9.60. The lowest BCUT2D eigenvalue weighted by Crippen LogP contribution is -2.15. The molecule has 0 unspecified atom stereocenters. The average molecular weight is 271 g/mol. The molecule has 0 spiro atoms. The zero-order chi connectivity index (χ0) is 14.5. The fourth-order valence-corrected chi connectivity index (χ4v) is 1.60. The highest BCUT2D eigenvalue weighted by molar-refractivity contribution is 6.05. The topological polar surface area (TPSA) is 108 Å². The molecule has 20 heavy (non-hydrogen) atoms. The Morgan fingerprint density at radius 3 is 2.10 bits per heavy atom. The quantitative estimate of drug-likeness (QED) is 0.224. The molecule has 0 aliphatic carbocycles. The molecule has 6 nitrogen and oxygen atoms in total. The van der Waals surface area contributed by atoms with Crippen LogP contribution in [-0.4, -0.2) is 22.1 Å². The summed E-state index contributed by atoms with van der Waals surface area (Å²) in [5.74, 6) is -0.177. The number of aromatic hydroxyl groups is 1. The lowest BCUT2D eigenvalue weighted by molar-refractivity contribution is 0.102. The van der Waals surface area contributed by atoms with E-state index in [-0.39, 0.29) is 17.5 Å². The Kier molecular flexibility index (Phi) is 3.85. The van der Waals surface area contributed by atoms with Crippen molar-refractivity contribution in [1.29, 1.82) is 0 Å². The second-order valence-corrected chi connectivity index (χ2v) is 4.06. The van der Waals surface area contributed by atoms with Crippen molar-refractivity contribution in [2.75, 3.05) is 5.32 Å². The molecule has 0 fully saturated rings. The van der Waals surface area contributed by atoms with Crippen LogP contribution in [0, 0.1) is 0 Å². The van der Waals surface area contributed by atoms with Gasteiger partial charge in [0.1, 0.15) is 5.75 Å². The number of rotatable bonds is 3. The molecule has 2 rings (SSSR count). The van der Waals surface area contributed by atoms with Crippen LogP contribution in [0.3, 0.4) is 0 Å². The van der Waals surface area contributed by atoms with Crippen molar-refractivity contribution < 1.29 is 15.1 Å². The van der Waals surface area contributed by atoms with E-state index in [0.29, 0.717) is 16.8 Å². The fourth-order valence-electron chi connectivity index (χ4n) is 1.60. The van der Waals surface area contributed by atoms with Crippen LogP contribution in [0.15, 0.2) is 53.7 Å². The van der Waals surface area contributed by atoms with E-state index in [4.69, 9.17) is 16.0 Å². The molecule has 2 aromatic rings. The van der Waals surface area contributed by atoms with Crippen LogP contribution in [0.25, 0.3) is 0 Å². The van der Waals surface area contributed by atoms with E-state index >= 15 is 0 Å². The normalized spacial score (nSPS) is 11.1. The summed E-state index contributed by atoms with van der Waals surface area (Å²) >= 11 is 0. The molecule has 0 atom stereocenters. The van der Waals surface area contributed by atoms with Crippen LogP contribution in [-0.2, 0) is 0 Å². The van der Waals surface area contributed by atoms with Crippen LogP contribution in [0.2, 0.25) is 0 Å². The number of oxime groups is 1. The number of benzene rings is 2. The van der Waals surface area contributed by atoms with Crippen molar-refractivity contribution >= 4 is 17.4 Å². The van der Waals surface area contributed by atoms with Gasteiger partial charge in [-0.25, -0.2) is 0 Å². The number of carbonyl (C=O) groups excluding carboxylic acids is 1. The van der Waals surface area contributed by atoms with E-state index in [1.54, 1.807) is 36.4 Å². The van der Waals surface area contributed by atoms with Crippen molar-refractivity contribution in [2.24, 2.45) is 10.9 Å². The molecule has 0 saturated heterocycles. The molecular formula is C14H13N3O3. The summed E-state index contributed by atoms with van der Waals surface area (Å²) in [6, 6.07) is 12.5. The second kappa shape index (κ2) is 5.75. The van der Waals surface area contributed by atoms with Crippen LogP contribution in [0.4, 0.5) is 5.69 Å². The number of carbonyl (C=O) groups is 1. The predicted octanol–water partition coefficient (Wildman–Crippen LogP) is 1.74. The summed E-state index contributed by atoms with van der Waals surface area (Å²) in [4.78, 5) is 12.0. The van der Waals surface area contributed by atoms with Gasteiger partial charge in [0.15, 0.2) is 5.84 Å². The fraction of sp³-hybridized carbons (Fsp3) is 0. The Balaban J connectivity index is 2.11. The zero-order valence-corrected chi connectivity index (χ0v) is 10.4. The van der Waals surface area contributed by atoms with Gasteiger partial charge in [-0.05, 0) is 36.4 Å². The molecule has 2 aromatic carbocycles. The van der Waals surface area contributed by atoms with Gasteiger partial charge in [-0.3, -0.25) is 4.79 Å². The Morgan fingerprint density at radius 1 is 1.00 bits per heavy atom. The Hall–Kier alpha value is -3.02. The second-order valence-electron chi connectivity index (χ2n) is 4.06. The molecule has 0 radical (unpaired) electrons. The number of hydrogen-bond donors (Lipinski definition) is 4. The van der Waals surface area contributed by atoms with E-state index in [0.717, 1.165) is 0 Å². The maximum absolute atomic E-state index is 12.0. The van der Waals surface area contributed by atoms with Gasteiger partial charge in [0.2, 0.25) is 0 Å². The third kappa shape index (κ3) is 3.05. The number of phenols is 1. The van der Waals surface area contributed by atoms with Gasteiger partial charge >= 0.3 is 0 Å². The van der Waals surface area contributed by atoms with Crippen LogP contribution >= 0.6 is 0 Å². The first-order valence-corrected chi connectivity index (χ1v) is 5.78. The van der Waals surface area contributed by atoms with E-state index in [1.165, 1.54) is 12.1 Å². The minimum Gasteiger partial charge on any atom is -0.508 e. The summed E-state index contributed by atoms with van der Waals surface area (Å²) in [6.45, 7) is 0. The number of amides is 1. The van der Waals surface area contributed by atoms with Crippen molar-refractivity contribution in [1.82, 2.24) is 0 Å². The lowest BCUT2D eigenvalue weighted by Gasteiger charge is -2.06. The third-order valence-electron chi connectivity index (χ3n) is 2.68. The molecule has 0 aliphatic rings. The third-order valence-corrected chi connectivity index (χ3v) is 2.68. The monoisotopic (exact) mass is 271 g/mol. The highest BCUT2D eigenvalue weighted by Gasteiger charge is 2.07. The van der Waals surface area contributed by atoms with Gasteiger partial charge in [0.25, 0.3) is 5.91 Å². The van der Waals surface area contributed by atoms with Gasteiger partial charge in [0, 0.05) is 16.8 Å². The Bertz CT molecular complexity index is 634. The first-order valence-electron chi connectivity index (χ1n) is 5.78. The van der Waals surface area contributed by atoms with Gasteiger partial charge in [0.05, 0.1) is 0 Å². The summed E-state index contributed by atoms with van der Waals surface area (Å²) in [6.07, 6.45) is 0. The van der Waals surface area contributed by atoms with Crippen LogP contribution < -0.4 is 11.1 Å². The lowest BCUT2D eigenvalue weighted by atomic mass is 10.1. The SMILES string of the molecule is NC(=NO)c1ccc(C(=O)Nc2ccc(O)cc2)cc1. The van der Waals surface area contributed by atoms with Crippen molar-refractivity contribution in [3.05, 3.63) is 59.7 Å². The molecule has 1 amide bonds. The number of phenolic OH excluding ortho intramolecular Hbond substituents is 1. The van der Waals surface area contributed by atoms with E-state index in [2.05, 4.69) is 10.5 Å². The van der Waals surface area contributed by atoms with E-state index < -0.39 is 0 Å². The van der Waals surface area contributed by atoms with Crippen molar-refractivity contribution in [2.45, 2.75) is 0 Å². The number of hydrogen-bond acceptors (Lipinski definition) is 4. The molecule has 0 bridgehead atoms. The Morgan fingerprint density at radius 2 is 1.55 bits per heavy atom. The van der Waals surface area contributed by atoms with Crippen LogP contribution in [0.1, 0.15) is 15.9 Å². The largest absolute Gasteiger partial charge is 0.508 e. The predicted molar refractivity (Wildman–Crippen MR) is 75.0 cm³/mol. The molecular weight excluding hydrogens is 258 g/mol. The van der Waals surface area contributed by atoms with Crippen molar-refractivity contribution in [3.63, 3.8) is 0 Å². The summed E-state index contributed by atoms with van der Waals surface area (Å²) < 4.78 is 0. The maximum Gasteiger partial charge on any atom is 0.255 e. The number of anilines is 1. The smallest absolute Gasteiger partial charge is 0.255 e. The standard InChI is InChI=1S/C14H13N3O3/c15-13(17-20)9-1-3-10(4-2-9)14(19)16-11-5-7-12(18)8-6-11/h1-8,18,20H,(H2,15,17)(H,16,19). The molecule has 0 aromatic heterocycles. The number of amidine groups is 1. The summed E-state index contributed by atoms with van der Waals surface area (Å²) in [5.41, 5.74) is 6.97. The molecule has 0 saturated carbocycles. The maximum atomic E-state index is 12.0. The van der Waals surface area contributed by atoms with Crippen LogP contribution in [0.5, 0.6) is 5.75 Å². The zero-order valence-electron chi connectivity index (χ0n) is 10.4. The number of nitrogens with one attached hydrogen (secondary N) is 1. The summed E-state index contributed by atoms with van der Waals surface area (Å²) in [5, 5.41) is 23.3. The molecule has 0 heterocycles. The van der Waals surface area contributed by atoms with Gasteiger partial charge in [-0.15, -0.1) is 0 Å². The minimum absolute atomic E-state index is 0.0181. The molecule has 5 N–H and O–H groups in total. The van der Waals surface area contributed by atoms with Crippen molar-refractivity contribution in [3.8, 4) is 5.75 Å². The number of nitrogens with zero attached hydrogens (tertiary/aromatic N) is 1. The molecule has 0 aliphatic heterocycles. The minimum atomic E-state index is -0.290. The number of nitrogens with two attached hydrogens (primary N) is 1. The van der Waals surface area contributed by atoms with Gasteiger partial charge in [-0.1, -0.05) is 17.3 Å². The Labute approximate surface area is 115 Å². The summed E-state index contributed by atoms with van der Waals surface area (Å²) in [7, 11) is 0. The first kappa shape index (κ1) is 13.4. The highest BCUT2D eigenvalue weighted by atomic mass is 16.4. The van der Waals surface area contributed by atoms with Gasteiger partial charge in [-0.2, -0.15) is 0 Å². The van der Waals surface area contributed by atoms with Gasteiger partial charge < -0.3 is 21.4 Å². The van der Waals surface area contributed by atoms with E-state index in [9.17, 15) is 4.79 Å².